The number of nitrogens with one attached hydrogen (secondary N) is 2. The smallest absolute Gasteiger partial charge is 0.242 e. The van der Waals surface area contributed by atoms with Crippen molar-refractivity contribution in [1.82, 2.24) is 10.6 Å². The number of rotatable bonds is 5. The molecular weight excluding hydrogens is 287 g/mol. The van der Waals surface area contributed by atoms with Crippen molar-refractivity contribution in [3.05, 3.63) is 33.8 Å². The minimum atomic E-state index is -0.571. The Morgan fingerprint density at radius 1 is 1.32 bits per heavy atom. The highest BCUT2D eigenvalue weighted by atomic mass is 35.5. The molecule has 104 valence electrons. The molecule has 2 N–H and O–H groups in total. The van der Waals surface area contributed by atoms with Crippen molar-refractivity contribution >= 4 is 35.0 Å². The van der Waals surface area contributed by atoms with Gasteiger partial charge in [-0.25, -0.2) is 0 Å². The van der Waals surface area contributed by atoms with Crippen molar-refractivity contribution in [2.45, 2.75) is 26.3 Å². The van der Waals surface area contributed by atoms with Gasteiger partial charge in [0.25, 0.3) is 0 Å². The van der Waals surface area contributed by atoms with E-state index in [4.69, 9.17) is 23.2 Å². The molecule has 0 aliphatic rings. The van der Waals surface area contributed by atoms with E-state index in [1.165, 1.54) is 0 Å². The molecule has 6 heteroatoms. The first kappa shape index (κ1) is 15.8. The Hall–Kier alpha value is -1.26. The van der Waals surface area contributed by atoms with Gasteiger partial charge in [-0.1, -0.05) is 29.3 Å². The normalized spacial score (nSPS) is 11.8. The number of amides is 2. The van der Waals surface area contributed by atoms with E-state index >= 15 is 0 Å². The molecule has 1 aromatic carbocycles. The maximum atomic E-state index is 11.8. The van der Waals surface area contributed by atoms with Crippen LogP contribution in [0.15, 0.2) is 18.2 Å². The maximum absolute atomic E-state index is 11.8. The molecule has 0 aromatic heterocycles. The third-order valence-corrected chi connectivity index (χ3v) is 3.07. The molecule has 0 spiro atoms. The summed E-state index contributed by atoms with van der Waals surface area (Å²) in [7, 11) is 0. The molecular formula is C13H16Cl2N2O2. The molecule has 0 radical (unpaired) electrons. The topological polar surface area (TPSA) is 58.2 Å². The zero-order valence-electron chi connectivity index (χ0n) is 10.8. The fraction of sp³-hybridized carbons (Fsp3) is 0.385. The fourth-order valence-electron chi connectivity index (χ4n) is 1.52. The van der Waals surface area contributed by atoms with Crippen molar-refractivity contribution in [3.8, 4) is 0 Å². The van der Waals surface area contributed by atoms with E-state index in [2.05, 4.69) is 10.6 Å². The van der Waals surface area contributed by atoms with Crippen LogP contribution in [0.3, 0.4) is 0 Å². The van der Waals surface area contributed by atoms with E-state index in [1.807, 2.05) is 6.92 Å². The van der Waals surface area contributed by atoms with Gasteiger partial charge in [-0.3, -0.25) is 9.59 Å². The van der Waals surface area contributed by atoms with Crippen LogP contribution in [-0.4, -0.2) is 24.4 Å². The molecule has 0 fully saturated rings. The van der Waals surface area contributed by atoms with Gasteiger partial charge in [-0.05, 0) is 31.5 Å². The first-order chi connectivity index (χ1) is 8.93. The summed E-state index contributed by atoms with van der Waals surface area (Å²) in [6, 6.07) is 4.38. The number of carbonyl (C=O) groups excluding carboxylic acids is 2. The zero-order chi connectivity index (χ0) is 14.4. The lowest BCUT2D eigenvalue weighted by molar-refractivity contribution is -0.128. The van der Waals surface area contributed by atoms with Crippen LogP contribution in [0.4, 0.5) is 0 Å². The molecule has 0 heterocycles. The third-order valence-electron chi connectivity index (χ3n) is 2.49. The van der Waals surface area contributed by atoms with E-state index in [1.54, 1.807) is 25.1 Å². The third kappa shape index (κ3) is 5.09. The maximum Gasteiger partial charge on any atom is 0.242 e. The summed E-state index contributed by atoms with van der Waals surface area (Å²) in [6.45, 7) is 3.98. The summed E-state index contributed by atoms with van der Waals surface area (Å²) in [5, 5.41) is 6.20. The first-order valence-electron chi connectivity index (χ1n) is 5.95. The summed E-state index contributed by atoms with van der Waals surface area (Å²) < 4.78 is 0. The molecule has 2 amide bonds. The molecule has 19 heavy (non-hydrogen) atoms. The van der Waals surface area contributed by atoms with Crippen LogP contribution in [-0.2, 0) is 16.0 Å². The summed E-state index contributed by atoms with van der Waals surface area (Å²) in [4.78, 5) is 23.3. The van der Waals surface area contributed by atoms with Crippen LogP contribution in [0, 0.1) is 0 Å². The Bertz CT molecular complexity index is 478. The van der Waals surface area contributed by atoms with Crippen LogP contribution in [0.2, 0.25) is 10.0 Å². The second kappa shape index (κ2) is 7.36. The Morgan fingerprint density at radius 2 is 2.00 bits per heavy atom. The van der Waals surface area contributed by atoms with Gasteiger partial charge in [0.15, 0.2) is 0 Å². The largest absolute Gasteiger partial charge is 0.355 e. The van der Waals surface area contributed by atoms with Crippen LogP contribution in [0.1, 0.15) is 19.4 Å². The van der Waals surface area contributed by atoms with Gasteiger partial charge in [0.05, 0.1) is 6.42 Å². The minimum Gasteiger partial charge on any atom is -0.355 e. The minimum absolute atomic E-state index is 0.111. The van der Waals surface area contributed by atoms with E-state index in [0.717, 1.165) is 0 Å². The lowest BCUT2D eigenvalue weighted by atomic mass is 10.1. The molecule has 0 aliphatic heterocycles. The monoisotopic (exact) mass is 302 g/mol. The molecule has 1 aromatic rings. The summed E-state index contributed by atoms with van der Waals surface area (Å²) in [5.74, 6) is -0.471. The highest BCUT2D eigenvalue weighted by molar-refractivity contribution is 6.35. The number of carbonyl (C=O) groups is 2. The average Bonchev–Trinajstić information content (AvgIpc) is 2.33. The standard InChI is InChI=1S/C13H16Cl2N2O2/c1-3-16-13(19)8(2)17-12(18)6-9-4-5-10(14)7-11(9)15/h4-5,7-8H,3,6H2,1-2H3,(H,16,19)(H,17,18)/t8-/m1/s1. The highest BCUT2D eigenvalue weighted by Crippen LogP contribution is 2.21. The van der Waals surface area contributed by atoms with Gasteiger partial charge < -0.3 is 10.6 Å². The Labute approximate surface area is 122 Å². The highest BCUT2D eigenvalue weighted by Gasteiger charge is 2.15. The first-order valence-corrected chi connectivity index (χ1v) is 6.70. The molecule has 1 rings (SSSR count). The number of hydrogen-bond donors (Lipinski definition) is 2. The number of likely N-dealkylation sites (N-methyl/N-ethyl adjacent to an activating group) is 1. The molecule has 0 bridgehead atoms. The van der Waals surface area contributed by atoms with Gasteiger partial charge in [-0.2, -0.15) is 0 Å². The van der Waals surface area contributed by atoms with Crippen molar-refractivity contribution < 1.29 is 9.59 Å². The van der Waals surface area contributed by atoms with Crippen LogP contribution in [0.5, 0.6) is 0 Å². The van der Waals surface area contributed by atoms with Crippen molar-refractivity contribution in [3.63, 3.8) is 0 Å². The number of hydrogen-bond acceptors (Lipinski definition) is 2. The fourth-order valence-corrected chi connectivity index (χ4v) is 2.00. The lowest BCUT2D eigenvalue weighted by Crippen LogP contribution is -2.45. The summed E-state index contributed by atoms with van der Waals surface area (Å²) in [5.41, 5.74) is 0.673. The molecule has 4 nitrogen and oxygen atoms in total. The van der Waals surface area contributed by atoms with Gasteiger partial charge in [0.1, 0.15) is 6.04 Å². The average molecular weight is 303 g/mol. The summed E-state index contributed by atoms with van der Waals surface area (Å²) in [6.07, 6.45) is 0.111. The number of benzene rings is 1. The van der Waals surface area contributed by atoms with Crippen LogP contribution >= 0.6 is 23.2 Å². The van der Waals surface area contributed by atoms with E-state index < -0.39 is 6.04 Å². The van der Waals surface area contributed by atoms with E-state index in [0.29, 0.717) is 22.2 Å². The summed E-state index contributed by atoms with van der Waals surface area (Å²) >= 11 is 11.8. The predicted molar refractivity (Wildman–Crippen MR) is 76.5 cm³/mol. The predicted octanol–water partition coefficient (Wildman–Crippen LogP) is 2.18. The second-order valence-electron chi connectivity index (χ2n) is 4.10. The molecule has 0 saturated carbocycles. The van der Waals surface area contributed by atoms with Gasteiger partial charge in [-0.15, -0.1) is 0 Å². The van der Waals surface area contributed by atoms with Gasteiger partial charge in [0.2, 0.25) is 11.8 Å². The van der Waals surface area contributed by atoms with Gasteiger partial charge in [0, 0.05) is 16.6 Å². The SMILES string of the molecule is CCNC(=O)[C@@H](C)NC(=O)Cc1ccc(Cl)cc1Cl. The quantitative estimate of drug-likeness (QED) is 0.876. The van der Waals surface area contributed by atoms with E-state index in [-0.39, 0.29) is 18.2 Å². The Kier molecular flexibility index (Phi) is 6.12. The molecule has 0 saturated heterocycles. The Balaban J connectivity index is 2.58. The van der Waals surface area contributed by atoms with Crippen LogP contribution < -0.4 is 10.6 Å². The molecule has 0 unspecified atom stereocenters. The second-order valence-corrected chi connectivity index (χ2v) is 4.94. The van der Waals surface area contributed by atoms with Crippen molar-refractivity contribution in [2.24, 2.45) is 0 Å². The molecule has 1 atom stereocenters. The lowest BCUT2D eigenvalue weighted by Gasteiger charge is -2.13. The zero-order valence-corrected chi connectivity index (χ0v) is 12.3. The van der Waals surface area contributed by atoms with Crippen molar-refractivity contribution in [1.29, 1.82) is 0 Å². The number of halogens is 2. The van der Waals surface area contributed by atoms with Crippen LogP contribution in [0.25, 0.3) is 0 Å². The van der Waals surface area contributed by atoms with E-state index in [9.17, 15) is 9.59 Å². The van der Waals surface area contributed by atoms with Gasteiger partial charge >= 0.3 is 0 Å². The Morgan fingerprint density at radius 3 is 2.58 bits per heavy atom. The van der Waals surface area contributed by atoms with Crippen molar-refractivity contribution in [2.75, 3.05) is 6.54 Å². The molecule has 0 aliphatic carbocycles.